The number of aromatic hydroxyl groups is 1. The standard InChI is InChI=1S/C20H14N6O/c21-10-12-2-1-3-14(8-12)20-25-17(13-4-6-23-7-5-13)18(26-20)15-9-16(27)19(22)24-11-15/h1-9,11,27H,(H2,22,24)(H,25,26). The molecule has 0 radical (unpaired) electrons. The number of hydrogen-bond acceptors (Lipinski definition) is 6. The van der Waals surface area contributed by atoms with Crippen LogP contribution in [0, 0.1) is 11.3 Å². The lowest BCUT2D eigenvalue weighted by atomic mass is 10.1. The quantitative estimate of drug-likeness (QED) is 0.518. The van der Waals surface area contributed by atoms with E-state index in [4.69, 9.17) is 16.0 Å². The van der Waals surface area contributed by atoms with Gasteiger partial charge in [-0.15, -0.1) is 0 Å². The number of aromatic amines is 1. The Bertz CT molecular complexity index is 1160. The number of hydrogen-bond donors (Lipinski definition) is 3. The minimum atomic E-state index is -0.107. The van der Waals surface area contributed by atoms with Crippen LogP contribution in [0.3, 0.4) is 0 Å². The van der Waals surface area contributed by atoms with Crippen LogP contribution in [0.5, 0.6) is 5.75 Å². The monoisotopic (exact) mass is 354 g/mol. The van der Waals surface area contributed by atoms with Gasteiger partial charge in [-0.2, -0.15) is 5.26 Å². The first-order chi connectivity index (χ1) is 13.2. The van der Waals surface area contributed by atoms with Crippen molar-refractivity contribution in [2.24, 2.45) is 0 Å². The lowest BCUT2D eigenvalue weighted by Crippen LogP contribution is -1.92. The van der Waals surface area contributed by atoms with Gasteiger partial charge in [0.2, 0.25) is 0 Å². The number of rotatable bonds is 3. The summed E-state index contributed by atoms with van der Waals surface area (Å²) in [5.41, 5.74) is 9.80. The highest BCUT2D eigenvalue weighted by molar-refractivity contribution is 5.81. The zero-order valence-corrected chi connectivity index (χ0v) is 14.1. The fraction of sp³-hybridized carbons (Fsp3) is 0. The van der Waals surface area contributed by atoms with Crippen LogP contribution in [-0.2, 0) is 0 Å². The summed E-state index contributed by atoms with van der Waals surface area (Å²) < 4.78 is 0. The molecule has 7 heteroatoms. The number of benzene rings is 1. The predicted molar refractivity (Wildman–Crippen MR) is 101 cm³/mol. The van der Waals surface area contributed by atoms with E-state index in [1.807, 2.05) is 18.2 Å². The third-order valence-electron chi connectivity index (χ3n) is 4.11. The van der Waals surface area contributed by atoms with Gasteiger partial charge in [-0.1, -0.05) is 12.1 Å². The highest BCUT2D eigenvalue weighted by Crippen LogP contribution is 2.34. The largest absolute Gasteiger partial charge is 0.504 e. The predicted octanol–water partition coefficient (Wildman–Crippen LogP) is 3.36. The Kier molecular flexibility index (Phi) is 3.99. The average Bonchev–Trinajstić information content (AvgIpc) is 3.16. The van der Waals surface area contributed by atoms with Crippen LogP contribution in [0.2, 0.25) is 0 Å². The first-order valence-corrected chi connectivity index (χ1v) is 8.11. The maximum Gasteiger partial charge on any atom is 0.165 e. The molecule has 0 aliphatic rings. The molecule has 0 bridgehead atoms. The van der Waals surface area contributed by atoms with Crippen LogP contribution >= 0.6 is 0 Å². The Hall–Kier alpha value is -4.18. The maximum atomic E-state index is 9.94. The molecule has 3 heterocycles. The van der Waals surface area contributed by atoms with Gasteiger partial charge in [0.15, 0.2) is 11.6 Å². The molecule has 4 rings (SSSR count). The molecule has 27 heavy (non-hydrogen) atoms. The van der Waals surface area contributed by atoms with Crippen LogP contribution < -0.4 is 5.73 Å². The Morgan fingerprint density at radius 2 is 1.85 bits per heavy atom. The van der Waals surface area contributed by atoms with Gasteiger partial charge in [-0.3, -0.25) is 4.98 Å². The van der Waals surface area contributed by atoms with Crippen molar-refractivity contribution in [3.63, 3.8) is 0 Å². The van der Waals surface area contributed by atoms with E-state index in [-0.39, 0.29) is 11.6 Å². The van der Waals surface area contributed by atoms with Gasteiger partial charge < -0.3 is 15.8 Å². The summed E-state index contributed by atoms with van der Waals surface area (Å²) in [6.45, 7) is 0. The number of imidazole rings is 1. The number of nitrogens with one attached hydrogen (secondary N) is 1. The molecule has 1 aromatic carbocycles. The molecule has 0 saturated heterocycles. The SMILES string of the molecule is N#Cc1cccc(-c2nc(-c3cnc(N)c(O)c3)c(-c3ccncc3)[nH]2)c1. The number of nitrogens with zero attached hydrogens (tertiary/aromatic N) is 4. The van der Waals surface area contributed by atoms with Crippen molar-refractivity contribution in [1.29, 1.82) is 5.26 Å². The van der Waals surface area contributed by atoms with Gasteiger partial charge in [-0.05, 0) is 30.3 Å². The van der Waals surface area contributed by atoms with E-state index in [1.54, 1.807) is 36.8 Å². The summed E-state index contributed by atoms with van der Waals surface area (Å²) in [6, 6.07) is 14.5. The van der Waals surface area contributed by atoms with E-state index in [0.29, 0.717) is 22.6 Å². The fourth-order valence-corrected chi connectivity index (χ4v) is 2.78. The first-order valence-electron chi connectivity index (χ1n) is 8.11. The Morgan fingerprint density at radius 3 is 2.59 bits per heavy atom. The number of anilines is 1. The van der Waals surface area contributed by atoms with Crippen molar-refractivity contribution in [1.82, 2.24) is 19.9 Å². The Labute approximate surface area is 154 Å². The zero-order chi connectivity index (χ0) is 18.8. The van der Waals surface area contributed by atoms with Crippen LogP contribution in [-0.4, -0.2) is 25.0 Å². The zero-order valence-electron chi connectivity index (χ0n) is 14.1. The van der Waals surface area contributed by atoms with E-state index >= 15 is 0 Å². The molecule has 130 valence electrons. The topological polar surface area (TPSA) is 124 Å². The molecule has 0 fully saturated rings. The smallest absolute Gasteiger partial charge is 0.165 e. The average molecular weight is 354 g/mol. The summed E-state index contributed by atoms with van der Waals surface area (Å²) in [6.07, 6.45) is 4.94. The van der Waals surface area contributed by atoms with E-state index in [0.717, 1.165) is 16.8 Å². The summed E-state index contributed by atoms with van der Waals surface area (Å²) in [4.78, 5) is 16.1. The van der Waals surface area contributed by atoms with Crippen molar-refractivity contribution in [2.45, 2.75) is 0 Å². The van der Waals surface area contributed by atoms with Gasteiger partial charge in [-0.25, -0.2) is 9.97 Å². The second-order valence-electron chi connectivity index (χ2n) is 5.87. The lowest BCUT2D eigenvalue weighted by molar-refractivity contribution is 0.476. The highest BCUT2D eigenvalue weighted by atomic mass is 16.3. The van der Waals surface area contributed by atoms with E-state index in [9.17, 15) is 5.11 Å². The molecule has 3 aromatic heterocycles. The third-order valence-corrected chi connectivity index (χ3v) is 4.11. The van der Waals surface area contributed by atoms with E-state index in [1.165, 1.54) is 6.07 Å². The molecule has 0 saturated carbocycles. The van der Waals surface area contributed by atoms with Gasteiger partial charge in [0.25, 0.3) is 0 Å². The molecule has 4 aromatic rings. The van der Waals surface area contributed by atoms with E-state index in [2.05, 4.69) is 21.0 Å². The molecule has 0 unspecified atom stereocenters. The molecule has 0 spiro atoms. The number of aromatic nitrogens is 4. The number of nitriles is 1. The third kappa shape index (κ3) is 3.07. The molecule has 7 nitrogen and oxygen atoms in total. The van der Waals surface area contributed by atoms with Crippen LogP contribution in [0.25, 0.3) is 33.9 Å². The summed E-state index contributed by atoms with van der Waals surface area (Å²) in [5.74, 6) is 0.552. The van der Waals surface area contributed by atoms with Crippen LogP contribution in [0.1, 0.15) is 5.56 Å². The van der Waals surface area contributed by atoms with Crippen LogP contribution in [0.15, 0.2) is 61.1 Å². The molecular formula is C20H14N6O. The summed E-state index contributed by atoms with van der Waals surface area (Å²) >= 11 is 0. The lowest BCUT2D eigenvalue weighted by Gasteiger charge is -2.04. The summed E-state index contributed by atoms with van der Waals surface area (Å²) in [7, 11) is 0. The Balaban J connectivity index is 1.92. The maximum absolute atomic E-state index is 9.94. The van der Waals surface area contributed by atoms with Crippen molar-refractivity contribution in [2.75, 3.05) is 5.73 Å². The molecule has 0 amide bonds. The number of nitrogens with two attached hydrogens (primary N) is 1. The normalized spacial score (nSPS) is 10.5. The number of nitrogen functional groups attached to an aromatic ring is 1. The van der Waals surface area contributed by atoms with Crippen molar-refractivity contribution in [3.05, 3.63) is 66.6 Å². The van der Waals surface area contributed by atoms with Crippen molar-refractivity contribution < 1.29 is 5.11 Å². The minimum absolute atomic E-state index is 0.0571. The highest BCUT2D eigenvalue weighted by Gasteiger charge is 2.17. The van der Waals surface area contributed by atoms with Gasteiger partial charge in [0.05, 0.1) is 23.0 Å². The second kappa shape index (κ2) is 6.61. The molecule has 0 aliphatic heterocycles. The van der Waals surface area contributed by atoms with Gasteiger partial charge in [0, 0.05) is 35.3 Å². The fourth-order valence-electron chi connectivity index (χ4n) is 2.78. The number of H-pyrrole nitrogens is 1. The Morgan fingerprint density at radius 1 is 1.04 bits per heavy atom. The molecule has 4 N–H and O–H groups in total. The molecule has 0 aliphatic carbocycles. The second-order valence-corrected chi connectivity index (χ2v) is 5.87. The van der Waals surface area contributed by atoms with Gasteiger partial charge >= 0.3 is 0 Å². The van der Waals surface area contributed by atoms with Crippen molar-refractivity contribution in [3.8, 4) is 45.7 Å². The first kappa shape index (κ1) is 16.3. The summed E-state index contributed by atoms with van der Waals surface area (Å²) in [5, 5.41) is 19.1. The van der Waals surface area contributed by atoms with Gasteiger partial charge in [0.1, 0.15) is 5.82 Å². The number of pyridine rings is 2. The minimum Gasteiger partial charge on any atom is -0.504 e. The van der Waals surface area contributed by atoms with Crippen molar-refractivity contribution >= 4 is 5.82 Å². The molecular weight excluding hydrogens is 340 g/mol. The molecule has 0 atom stereocenters. The van der Waals surface area contributed by atoms with E-state index < -0.39 is 0 Å². The van der Waals surface area contributed by atoms with Crippen LogP contribution in [0.4, 0.5) is 5.82 Å².